The van der Waals surface area contributed by atoms with E-state index in [1.165, 1.54) is 11.1 Å². The van der Waals surface area contributed by atoms with E-state index >= 15 is 0 Å². The van der Waals surface area contributed by atoms with E-state index in [9.17, 15) is 0 Å². The monoisotopic (exact) mass is 426 g/mol. The molecule has 28 heavy (non-hydrogen) atoms. The van der Waals surface area contributed by atoms with E-state index in [0.717, 1.165) is 32.8 Å². The molecule has 0 fully saturated rings. The first-order valence-corrected chi connectivity index (χ1v) is 11.2. The highest BCUT2D eigenvalue weighted by atomic mass is 35.5. The quantitative estimate of drug-likeness (QED) is 0.188. The van der Waals surface area contributed by atoms with Crippen LogP contribution in [0.2, 0.25) is 5.15 Å². The Kier molecular flexibility index (Phi) is 5.85. The van der Waals surface area contributed by atoms with Crippen LogP contribution in [0.1, 0.15) is 18.1 Å². The van der Waals surface area contributed by atoms with Crippen molar-refractivity contribution in [3.8, 4) is 16.9 Å². The molecule has 0 aliphatic carbocycles. The molecule has 2 aromatic carbocycles. The van der Waals surface area contributed by atoms with Crippen LogP contribution in [0.5, 0.6) is 5.75 Å². The number of halogens is 1. The van der Waals surface area contributed by atoms with Crippen molar-refractivity contribution in [3.05, 3.63) is 70.2 Å². The molecular weight excluding hydrogens is 408 g/mol. The number of thiophene rings is 1. The van der Waals surface area contributed by atoms with Crippen molar-refractivity contribution in [2.45, 2.75) is 24.8 Å². The number of nitrogens with zero attached hydrogens (tertiary/aromatic N) is 2. The molecule has 4 aromatic rings. The number of ether oxygens (including phenoxy) is 1. The maximum atomic E-state index is 6.56. The summed E-state index contributed by atoms with van der Waals surface area (Å²) in [6.45, 7) is 4.72. The fraction of sp³-hybridized carbons (Fsp3) is 0.182. The summed E-state index contributed by atoms with van der Waals surface area (Å²) in [5.41, 5.74) is 4.65. The van der Waals surface area contributed by atoms with Crippen LogP contribution in [-0.4, -0.2) is 16.6 Å². The van der Waals surface area contributed by atoms with Crippen LogP contribution < -0.4 is 4.74 Å². The van der Waals surface area contributed by atoms with Gasteiger partial charge in [-0.15, -0.1) is 11.3 Å². The van der Waals surface area contributed by atoms with Crippen LogP contribution >= 0.6 is 34.7 Å². The highest BCUT2D eigenvalue weighted by Gasteiger charge is 2.14. The van der Waals surface area contributed by atoms with Crippen LogP contribution in [0.25, 0.3) is 21.3 Å². The van der Waals surface area contributed by atoms with Gasteiger partial charge >= 0.3 is 0 Å². The molecule has 0 spiro atoms. The van der Waals surface area contributed by atoms with Gasteiger partial charge in [0.1, 0.15) is 15.7 Å². The molecule has 2 heterocycles. The minimum Gasteiger partial charge on any atom is -0.494 e. The molecule has 0 atom stereocenters. The van der Waals surface area contributed by atoms with E-state index < -0.39 is 0 Å². The molecule has 3 nitrogen and oxygen atoms in total. The number of hydrogen-bond acceptors (Lipinski definition) is 5. The van der Waals surface area contributed by atoms with Crippen LogP contribution in [0.3, 0.4) is 0 Å². The largest absolute Gasteiger partial charge is 0.494 e. The van der Waals surface area contributed by atoms with E-state index in [1.807, 2.05) is 31.2 Å². The van der Waals surface area contributed by atoms with Gasteiger partial charge in [-0.25, -0.2) is 9.97 Å². The lowest BCUT2D eigenvalue weighted by Crippen LogP contribution is -1.91. The maximum absolute atomic E-state index is 6.56. The first-order chi connectivity index (χ1) is 13.6. The minimum atomic E-state index is 0.501. The lowest BCUT2D eigenvalue weighted by molar-refractivity contribution is 0.340. The van der Waals surface area contributed by atoms with Gasteiger partial charge in [0.25, 0.3) is 0 Å². The summed E-state index contributed by atoms with van der Waals surface area (Å²) in [4.78, 5) is 10.2. The lowest BCUT2D eigenvalue weighted by Gasteiger charge is -2.06. The fourth-order valence-corrected chi connectivity index (χ4v) is 5.07. The van der Waals surface area contributed by atoms with Gasteiger partial charge in [-0.1, -0.05) is 65.3 Å². The molecule has 0 radical (unpaired) electrons. The van der Waals surface area contributed by atoms with E-state index in [1.54, 1.807) is 23.1 Å². The highest BCUT2D eigenvalue weighted by molar-refractivity contribution is 7.98. The van der Waals surface area contributed by atoms with Crippen molar-refractivity contribution < 1.29 is 4.74 Å². The molecule has 4 rings (SSSR count). The SMILES string of the molecule is CCOc1ccc(-c2csc3nc(SCc4ccc(C)cc4)nc(Cl)c23)cc1. The number of hydrogen-bond donors (Lipinski definition) is 0. The average Bonchev–Trinajstić information content (AvgIpc) is 3.13. The summed E-state index contributed by atoms with van der Waals surface area (Å²) < 4.78 is 5.52. The number of benzene rings is 2. The zero-order chi connectivity index (χ0) is 19.5. The molecule has 0 saturated heterocycles. The molecule has 0 aliphatic rings. The van der Waals surface area contributed by atoms with Crippen molar-refractivity contribution in [3.63, 3.8) is 0 Å². The summed E-state index contributed by atoms with van der Waals surface area (Å²) >= 11 is 9.76. The molecule has 0 saturated carbocycles. The van der Waals surface area contributed by atoms with Gasteiger partial charge < -0.3 is 4.74 Å². The second kappa shape index (κ2) is 8.52. The van der Waals surface area contributed by atoms with Gasteiger partial charge in [-0.2, -0.15) is 0 Å². The summed E-state index contributed by atoms with van der Waals surface area (Å²) in [5.74, 6) is 1.68. The third-order valence-corrected chi connectivity index (χ3v) is 6.40. The standard InChI is InChI=1S/C22H19ClN2OS2/c1-3-26-17-10-8-16(9-11-17)18-13-27-21-19(18)20(23)24-22(25-21)28-12-15-6-4-14(2)5-7-15/h4-11,13H,3,12H2,1-2H3. The normalized spacial score (nSPS) is 11.1. The van der Waals surface area contributed by atoms with Gasteiger partial charge in [-0.3, -0.25) is 0 Å². The molecule has 0 N–H and O–H groups in total. The zero-order valence-corrected chi connectivity index (χ0v) is 18.0. The van der Waals surface area contributed by atoms with Gasteiger partial charge in [0.05, 0.1) is 12.0 Å². The Morgan fingerprint density at radius 2 is 1.79 bits per heavy atom. The van der Waals surface area contributed by atoms with Gasteiger partial charge in [0.15, 0.2) is 5.16 Å². The number of rotatable bonds is 6. The van der Waals surface area contributed by atoms with Gasteiger partial charge in [-0.05, 0) is 37.1 Å². The molecule has 142 valence electrons. The predicted octanol–water partition coefficient (Wildman–Crippen LogP) is 7.01. The van der Waals surface area contributed by atoms with Crippen LogP contribution in [0.15, 0.2) is 59.1 Å². The van der Waals surface area contributed by atoms with E-state index in [-0.39, 0.29) is 0 Å². The number of fused-ring (bicyclic) bond motifs is 1. The summed E-state index contributed by atoms with van der Waals surface area (Å²) in [6, 6.07) is 16.6. The number of aryl methyl sites for hydroxylation is 1. The molecule has 0 unspecified atom stereocenters. The second-order valence-corrected chi connectivity index (χ2v) is 8.52. The van der Waals surface area contributed by atoms with Crippen LogP contribution in [0, 0.1) is 6.92 Å². The third kappa shape index (κ3) is 4.17. The van der Waals surface area contributed by atoms with Crippen LogP contribution in [-0.2, 0) is 5.75 Å². The Morgan fingerprint density at radius 1 is 1.04 bits per heavy atom. The van der Waals surface area contributed by atoms with Crippen molar-refractivity contribution in [2.75, 3.05) is 6.61 Å². The third-order valence-electron chi connectivity index (χ3n) is 4.33. The highest BCUT2D eigenvalue weighted by Crippen LogP contribution is 2.38. The Hall–Kier alpha value is -2.08. The summed E-state index contributed by atoms with van der Waals surface area (Å²) in [6.07, 6.45) is 0. The van der Waals surface area contributed by atoms with Gasteiger partial charge in [0, 0.05) is 16.7 Å². The summed E-state index contributed by atoms with van der Waals surface area (Å²) in [7, 11) is 0. The maximum Gasteiger partial charge on any atom is 0.190 e. The van der Waals surface area contributed by atoms with E-state index in [2.05, 4.69) is 41.6 Å². The van der Waals surface area contributed by atoms with Crippen molar-refractivity contribution in [2.24, 2.45) is 0 Å². The minimum absolute atomic E-state index is 0.501. The Morgan fingerprint density at radius 3 is 2.50 bits per heavy atom. The van der Waals surface area contributed by atoms with Crippen molar-refractivity contribution >= 4 is 44.9 Å². The molecular formula is C22H19ClN2OS2. The van der Waals surface area contributed by atoms with E-state index in [4.69, 9.17) is 21.3 Å². The smallest absolute Gasteiger partial charge is 0.190 e. The Balaban J connectivity index is 1.59. The van der Waals surface area contributed by atoms with E-state index in [0.29, 0.717) is 16.9 Å². The Bertz CT molecular complexity index is 1090. The lowest BCUT2D eigenvalue weighted by atomic mass is 10.1. The first-order valence-electron chi connectivity index (χ1n) is 9.00. The number of aromatic nitrogens is 2. The Labute approximate surface area is 177 Å². The average molecular weight is 427 g/mol. The fourth-order valence-electron chi connectivity index (χ4n) is 2.89. The molecule has 0 amide bonds. The predicted molar refractivity (Wildman–Crippen MR) is 120 cm³/mol. The first kappa shape index (κ1) is 19.2. The molecule has 0 bridgehead atoms. The van der Waals surface area contributed by atoms with Gasteiger partial charge in [0.2, 0.25) is 0 Å². The zero-order valence-electron chi connectivity index (χ0n) is 15.6. The van der Waals surface area contributed by atoms with Crippen LogP contribution in [0.4, 0.5) is 0 Å². The molecule has 6 heteroatoms. The molecule has 0 aliphatic heterocycles. The molecule has 2 aromatic heterocycles. The summed E-state index contributed by atoms with van der Waals surface area (Å²) in [5, 5.41) is 4.21. The van der Waals surface area contributed by atoms with Crippen molar-refractivity contribution in [1.82, 2.24) is 9.97 Å². The number of thioether (sulfide) groups is 1. The second-order valence-electron chi connectivity index (χ2n) is 6.36. The van der Waals surface area contributed by atoms with Crippen molar-refractivity contribution in [1.29, 1.82) is 0 Å². The topological polar surface area (TPSA) is 35.0 Å².